The summed E-state index contributed by atoms with van der Waals surface area (Å²) >= 11 is 1.16. The molecule has 2 aromatic carbocycles. The van der Waals surface area contributed by atoms with Gasteiger partial charge in [-0.15, -0.1) is 0 Å². The molecule has 1 aliphatic heterocycles. The zero-order chi connectivity index (χ0) is 20.8. The van der Waals surface area contributed by atoms with Crippen molar-refractivity contribution in [2.24, 2.45) is 4.99 Å². The third kappa shape index (κ3) is 4.86. The number of benzene rings is 2. The number of ether oxygens (including phenoxy) is 2. The summed E-state index contributed by atoms with van der Waals surface area (Å²) in [6.07, 6.45) is 1.75. The molecule has 1 amide bonds. The molecule has 150 valence electrons. The van der Waals surface area contributed by atoms with E-state index in [-0.39, 0.29) is 17.6 Å². The van der Waals surface area contributed by atoms with Crippen molar-refractivity contribution in [3.05, 3.63) is 65.4 Å². The Kier molecular flexibility index (Phi) is 6.72. The van der Waals surface area contributed by atoms with Crippen LogP contribution in [0.15, 0.2) is 59.2 Å². The number of methoxy groups -OCH3 is 1. The molecule has 2 aromatic rings. The molecular weight excluding hydrogens is 388 g/mol. The Bertz CT molecular complexity index is 984. The fourth-order valence-electron chi connectivity index (χ4n) is 2.86. The molecule has 0 atom stereocenters. The molecule has 0 fully saturated rings. The zero-order valence-corrected chi connectivity index (χ0v) is 17.4. The van der Waals surface area contributed by atoms with Gasteiger partial charge in [-0.1, -0.05) is 53.7 Å². The summed E-state index contributed by atoms with van der Waals surface area (Å²) in [5.41, 5.74) is 2.84. The molecule has 7 heteroatoms. The number of thioether (sulfide) groups is 1. The van der Waals surface area contributed by atoms with Crippen LogP contribution in [0, 0.1) is 6.92 Å². The van der Waals surface area contributed by atoms with Crippen LogP contribution >= 0.6 is 11.8 Å². The predicted octanol–water partition coefficient (Wildman–Crippen LogP) is 4.04. The van der Waals surface area contributed by atoms with Gasteiger partial charge in [-0.25, -0.2) is 9.89 Å². The number of para-hydroxylation sites is 2. The lowest BCUT2D eigenvalue weighted by Gasteiger charge is -2.20. The highest BCUT2D eigenvalue weighted by atomic mass is 32.2. The highest BCUT2D eigenvalue weighted by molar-refractivity contribution is 8.14. The Morgan fingerprint density at radius 1 is 1.21 bits per heavy atom. The van der Waals surface area contributed by atoms with Crippen LogP contribution in [0.5, 0.6) is 5.75 Å². The number of carbonyl (C=O) groups excluding carboxylic acids is 2. The smallest absolute Gasteiger partial charge is 0.316 e. The molecule has 0 bridgehead atoms. The molecule has 0 saturated heterocycles. The Balaban J connectivity index is 1.98. The summed E-state index contributed by atoms with van der Waals surface area (Å²) in [6.45, 7) is 4.05. The zero-order valence-electron chi connectivity index (χ0n) is 16.5. The highest BCUT2D eigenvalue weighted by Crippen LogP contribution is 2.35. The summed E-state index contributed by atoms with van der Waals surface area (Å²) < 4.78 is 10.4. The van der Waals surface area contributed by atoms with Crippen molar-refractivity contribution in [3.8, 4) is 5.75 Å². The average Bonchev–Trinajstić information content (AvgIpc) is 3.01. The van der Waals surface area contributed by atoms with Crippen molar-refractivity contribution in [2.45, 2.75) is 13.8 Å². The number of nitrogens with zero attached hydrogens (tertiary/aromatic N) is 2. The monoisotopic (exact) mass is 410 g/mol. The van der Waals surface area contributed by atoms with Gasteiger partial charge in [-0.2, -0.15) is 0 Å². The molecule has 0 spiro atoms. The van der Waals surface area contributed by atoms with Crippen LogP contribution in [0.3, 0.4) is 0 Å². The van der Waals surface area contributed by atoms with Crippen LogP contribution in [-0.2, 0) is 14.3 Å². The van der Waals surface area contributed by atoms with Crippen LogP contribution in [0.25, 0.3) is 6.08 Å². The third-order valence-electron chi connectivity index (χ3n) is 4.13. The Morgan fingerprint density at radius 3 is 2.72 bits per heavy atom. The van der Waals surface area contributed by atoms with Gasteiger partial charge in [-0.3, -0.25) is 9.59 Å². The number of aryl methyl sites for hydroxylation is 1. The van der Waals surface area contributed by atoms with Crippen molar-refractivity contribution in [2.75, 3.05) is 24.4 Å². The summed E-state index contributed by atoms with van der Waals surface area (Å²) in [4.78, 5) is 31.0. The number of carbonyl (C=O) groups is 2. The maximum Gasteiger partial charge on any atom is 0.316 e. The topological polar surface area (TPSA) is 68.2 Å². The number of anilines is 1. The first-order valence-corrected chi connectivity index (χ1v) is 10.1. The highest BCUT2D eigenvalue weighted by Gasteiger charge is 2.34. The minimum absolute atomic E-state index is 0.0589. The first-order valence-electron chi connectivity index (χ1n) is 9.16. The van der Waals surface area contributed by atoms with E-state index in [2.05, 4.69) is 4.99 Å². The standard InChI is InChI=1S/C22H22N2O4S/c1-4-28-20(25)14-29-22-23-17(13-16-9-7-8-15(2)12-16)21(26)24(22)18-10-5-6-11-19(18)27-3/h5-13H,4,14H2,1-3H3/b17-13-. The lowest BCUT2D eigenvalue weighted by Crippen LogP contribution is -2.31. The molecule has 0 unspecified atom stereocenters. The van der Waals surface area contributed by atoms with E-state index >= 15 is 0 Å². The third-order valence-corrected chi connectivity index (χ3v) is 5.04. The van der Waals surface area contributed by atoms with Gasteiger partial charge < -0.3 is 9.47 Å². The molecule has 1 heterocycles. The largest absolute Gasteiger partial charge is 0.495 e. The minimum atomic E-state index is -0.358. The number of aliphatic imine (C=N–C) groups is 1. The van der Waals surface area contributed by atoms with E-state index in [4.69, 9.17) is 9.47 Å². The lowest BCUT2D eigenvalue weighted by molar-refractivity contribution is -0.139. The summed E-state index contributed by atoms with van der Waals surface area (Å²) in [5, 5.41) is 0.409. The second kappa shape index (κ2) is 9.43. The SMILES string of the molecule is CCOC(=O)CSC1=N/C(=C\c2cccc(C)c2)C(=O)N1c1ccccc1OC. The first kappa shape index (κ1) is 20.7. The minimum Gasteiger partial charge on any atom is -0.495 e. The number of amides is 1. The van der Waals surface area contributed by atoms with Gasteiger partial charge in [0, 0.05) is 0 Å². The van der Waals surface area contributed by atoms with E-state index in [1.54, 1.807) is 32.2 Å². The Morgan fingerprint density at radius 2 is 2.00 bits per heavy atom. The van der Waals surface area contributed by atoms with E-state index in [0.717, 1.165) is 22.9 Å². The average molecular weight is 410 g/mol. The summed E-state index contributed by atoms with van der Waals surface area (Å²) in [6, 6.07) is 15.0. The van der Waals surface area contributed by atoms with Crippen molar-refractivity contribution in [3.63, 3.8) is 0 Å². The predicted molar refractivity (Wildman–Crippen MR) is 116 cm³/mol. The van der Waals surface area contributed by atoms with Gasteiger partial charge >= 0.3 is 5.97 Å². The molecule has 1 aliphatic rings. The van der Waals surface area contributed by atoms with Crippen molar-refractivity contribution in [1.29, 1.82) is 0 Å². The maximum absolute atomic E-state index is 13.2. The molecule has 0 radical (unpaired) electrons. The van der Waals surface area contributed by atoms with Crippen LogP contribution in [0.4, 0.5) is 5.69 Å². The van der Waals surface area contributed by atoms with Gasteiger partial charge in [0.1, 0.15) is 11.4 Å². The fourth-order valence-corrected chi connectivity index (χ4v) is 3.67. The normalized spacial score (nSPS) is 14.9. The van der Waals surface area contributed by atoms with Crippen LogP contribution in [0.1, 0.15) is 18.1 Å². The van der Waals surface area contributed by atoms with Gasteiger partial charge in [0.15, 0.2) is 5.17 Å². The van der Waals surface area contributed by atoms with Crippen molar-refractivity contribution in [1.82, 2.24) is 0 Å². The second-order valence-electron chi connectivity index (χ2n) is 6.24. The van der Waals surface area contributed by atoms with E-state index in [0.29, 0.717) is 28.9 Å². The number of amidine groups is 1. The Labute approximate surface area is 174 Å². The van der Waals surface area contributed by atoms with Crippen molar-refractivity contribution >= 4 is 40.6 Å². The maximum atomic E-state index is 13.2. The van der Waals surface area contributed by atoms with Gasteiger partial charge in [0.25, 0.3) is 5.91 Å². The van der Waals surface area contributed by atoms with Crippen LogP contribution < -0.4 is 9.64 Å². The van der Waals surface area contributed by atoms with Gasteiger partial charge in [0.05, 0.1) is 25.2 Å². The molecule has 3 rings (SSSR count). The number of rotatable bonds is 6. The van der Waals surface area contributed by atoms with E-state index in [1.807, 2.05) is 43.3 Å². The summed E-state index contributed by atoms with van der Waals surface area (Å²) in [5.74, 6) is -0.0308. The van der Waals surface area contributed by atoms with Gasteiger partial charge in [0.2, 0.25) is 0 Å². The molecule has 0 saturated carbocycles. The van der Waals surface area contributed by atoms with E-state index < -0.39 is 0 Å². The molecule has 0 aromatic heterocycles. The van der Waals surface area contributed by atoms with Crippen molar-refractivity contribution < 1.29 is 19.1 Å². The fraction of sp³-hybridized carbons (Fsp3) is 0.227. The molecular formula is C22H22N2O4S. The molecule has 0 N–H and O–H groups in total. The number of hydrogen-bond acceptors (Lipinski definition) is 6. The van der Waals surface area contributed by atoms with E-state index in [1.165, 1.54) is 4.90 Å². The lowest BCUT2D eigenvalue weighted by atomic mass is 10.1. The molecule has 6 nitrogen and oxygen atoms in total. The van der Waals surface area contributed by atoms with Crippen LogP contribution in [-0.4, -0.2) is 36.5 Å². The number of esters is 1. The van der Waals surface area contributed by atoms with Crippen LogP contribution in [0.2, 0.25) is 0 Å². The van der Waals surface area contributed by atoms with Gasteiger partial charge in [-0.05, 0) is 37.6 Å². The summed E-state index contributed by atoms with van der Waals surface area (Å²) in [7, 11) is 1.55. The molecule has 0 aliphatic carbocycles. The quantitative estimate of drug-likeness (QED) is 0.531. The molecule has 29 heavy (non-hydrogen) atoms. The van der Waals surface area contributed by atoms with E-state index in [9.17, 15) is 9.59 Å². The first-order chi connectivity index (χ1) is 14.0. The number of hydrogen-bond donors (Lipinski definition) is 0. The second-order valence-corrected chi connectivity index (χ2v) is 7.19. The Hall–Kier alpha value is -3.06.